The first-order chi connectivity index (χ1) is 16.4. The van der Waals surface area contributed by atoms with Crippen LogP contribution in [0.5, 0.6) is 5.75 Å². The third-order valence-electron chi connectivity index (χ3n) is 7.69. The van der Waals surface area contributed by atoms with Crippen molar-refractivity contribution in [3.8, 4) is 5.75 Å². The van der Waals surface area contributed by atoms with E-state index in [2.05, 4.69) is 12.1 Å². The molecule has 2 heterocycles. The van der Waals surface area contributed by atoms with E-state index in [0.717, 1.165) is 61.3 Å². The summed E-state index contributed by atoms with van der Waals surface area (Å²) in [6.45, 7) is 1.41. The van der Waals surface area contributed by atoms with Gasteiger partial charge in [-0.25, -0.2) is 0 Å². The molecule has 1 spiro atoms. The van der Waals surface area contributed by atoms with Crippen molar-refractivity contribution in [1.29, 1.82) is 0 Å². The maximum Gasteiger partial charge on any atom is 0.119 e. The summed E-state index contributed by atoms with van der Waals surface area (Å²) >= 11 is 6.49. The Morgan fingerprint density at radius 2 is 1.76 bits per heavy atom. The molecule has 1 aliphatic carbocycles. The Labute approximate surface area is 205 Å². The molecule has 6 nitrogen and oxygen atoms in total. The molecule has 0 bridgehead atoms. The third kappa shape index (κ3) is 5.13. The highest BCUT2D eigenvalue weighted by atomic mass is 35.5. The molecular formula is C27H33ClO6. The van der Waals surface area contributed by atoms with E-state index in [1.807, 2.05) is 30.3 Å². The first-order valence-corrected chi connectivity index (χ1v) is 12.6. The fourth-order valence-corrected chi connectivity index (χ4v) is 5.73. The average Bonchev–Trinajstić information content (AvgIpc) is 2.83. The quantitative estimate of drug-likeness (QED) is 0.573. The summed E-state index contributed by atoms with van der Waals surface area (Å²) in [5.41, 5.74) is 3.39. The fourth-order valence-electron chi connectivity index (χ4n) is 5.55. The van der Waals surface area contributed by atoms with Gasteiger partial charge in [0, 0.05) is 24.7 Å². The van der Waals surface area contributed by atoms with E-state index in [1.165, 1.54) is 0 Å². The molecule has 1 saturated carbocycles. The van der Waals surface area contributed by atoms with Crippen molar-refractivity contribution < 1.29 is 29.5 Å². The molecule has 5 rings (SSSR count). The van der Waals surface area contributed by atoms with Crippen molar-refractivity contribution in [2.45, 2.75) is 69.0 Å². The van der Waals surface area contributed by atoms with E-state index in [9.17, 15) is 15.3 Å². The van der Waals surface area contributed by atoms with Crippen LogP contribution < -0.4 is 4.74 Å². The summed E-state index contributed by atoms with van der Waals surface area (Å²) in [7, 11) is 0. The van der Waals surface area contributed by atoms with Crippen molar-refractivity contribution in [2.24, 2.45) is 5.41 Å². The monoisotopic (exact) mass is 488 g/mol. The lowest BCUT2D eigenvalue weighted by atomic mass is 9.62. The Morgan fingerprint density at radius 1 is 1.03 bits per heavy atom. The van der Waals surface area contributed by atoms with Gasteiger partial charge >= 0.3 is 0 Å². The molecule has 2 aromatic carbocycles. The van der Waals surface area contributed by atoms with E-state index in [4.69, 9.17) is 25.8 Å². The van der Waals surface area contributed by atoms with E-state index < -0.39 is 24.4 Å². The smallest absolute Gasteiger partial charge is 0.119 e. The molecule has 0 radical (unpaired) electrons. The van der Waals surface area contributed by atoms with Gasteiger partial charge in [0.05, 0.1) is 24.9 Å². The third-order valence-corrected chi connectivity index (χ3v) is 8.06. The van der Waals surface area contributed by atoms with Crippen molar-refractivity contribution in [1.82, 2.24) is 0 Å². The van der Waals surface area contributed by atoms with Gasteiger partial charge in [-0.05, 0) is 72.4 Å². The number of benzene rings is 2. The Hall–Kier alpha value is -1.67. The Bertz CT molecular complexity index is 966. The van der Waals surface area contributed by atoms with Crippen LogP contribution in [0.3, 0.4) is 0 Å². The summed E-state index contributed by atoms with van der Waals surface area (Å²) in [5, 5.41) is 30.3. The summed E-state index contributed by atoms with van der Waals surface area (Å²) < 4.78 is 17.5. The predicted molar refractivity (Wildman–Crippen MR) is 128 cm³/mol. The van der Waals surface area contributed by atoms with Gasteiger partial charge in [0.15, 0.2) is 0 Å². The molecule has 1 unspecified atom stereocenters. The second-order valence-corrected chi connectivity index (χ2v) is 10.5. The van der Waals surface area contributed by atoms with Crippen LogP contribution in [-0.4, -0.2) is 59.6 Å². The molecule has 2 saturated heterocycles. The normalized spacial score (nSPS) is 29.1. The minimum absolute atomic E-state index is 0.264. The van der Waals surface area contributed by atoms with Crippen LogP contribution in [0.1, 0.15) is 54.9 Å². The zero-order valence-corrected chi connectivity index (χ0v) is 20.0. The Morgan fingerprint density at radius 3 is 2.47 bits per heavy atom. The van der Waals surface area contributed by atoms with Crippen molar-refractivity contribution in [3.05, 3.63) is 64.2 Å². The standard InChI is InChI=1S/C27H33ClO6/c28-22-6-3-18(24-13-23(30)26(31)25(16-29)34-24)12-19(22)11-17-1-4-20(5-2-17)33-21-14-27(15-21)7-9-32-10-8-27/h1-6,12,21,23-26,29-31H,7-11,13-16H2/t23-,24?,25-,26+/m1/s1. The van der Waals surface area contributed by atoms with E-state index in [1.54, 1.807) is 0 Å². The van der Waals surface area contributed by atoms with Gasteiger partial charge in [-0.1, -0.05) is 35.9 Å². The lowest BCUT2D eigenvalue weighted by Gasteiger charge is -2.49. The number of hydrogen-bond acceptors (Lipinski definition) is 6. The first-order valence-electron chi connectivity index (χ1n) is 12.2. The predicted octanol–water partition coefficient (Wildman–Crippen LogP) is 3.81. The van der Waals surface area contributed by atoms with Crippen LogP contribution in [0.25, 0.3) is 0 Å². The number of aliphatic hydroxyl groups excluding tert-OH is 3. The summed E-state index contributed by atoms with van der Waals surface area (Å²) in [4.78, 5) is 0. The van der Waals surface area contributed by atoms with Crippen LogP contribution in [0, 0.1) is 5.41 Å². The minimum Gasteiger partial charge on any atom is -0.490 e. The second kappa shape index (κ2) is 10.1. The largest absolute Gasteiger partial charge is 0.490 e. The highest BCUT2D eigenvalue weighted by Gasteiger charge is 2.46. The van der Waals surface area contributed by atoms with Crippen LogP contribution in [0.2, 0.25) is 5.02 Å². The van der Waals surface area contributed by atoms with E-state index in [-0.39, 0.29) is 13.0 Å². The topological polar surface area (TPSA) is 88.4 Å². The molecule has 34 heavy (non-hydrogen) atoms. The van der Waals surface area contributed by atoms with Crippen molar-refractivity contribution >= 4 is 11.6 Å². The number of halogens is 1. The molecule has 3 N–H and O–H groups in total. The van der Waals surface area contributed by atoms with Gasteiger partial charge in [-0.15, -0.1) is 0 Å². The average molecular weight is 489 g/mol. The second-order valence-electron chi connectivity index (χ2n) is 10.1. The highest BCUT2D eigenvalue weighted by Crippen LogP contribution is 2.50. The molecule has 7 heteroatoms. The highest BCUT2D eigenvalue weighted by molar-refractivity contribution is 6.31. The Kier molecular flexibility index (Phi) is 7.17. The van der Waals surface area contributed by atoms with Crippen LogP contribution in [-0.2, 0) is 15.9 Å². The van der Waals surface area contributed by atoms with Crippen molar-refractivity contribution in [3.63, 3.8) is 0 Å². The summed E-state index contributed by atoms with van der Waals surface area (Å²) in [5.74, 6) is 0.897. The molecule has 184 valence electrons. The van der Waals surface area contributed by atoms with Crippen LogP contribution >= 0.6 is 11.6 Å². The number of ether oxygens (including phenoxy) is 3. The zero-order valence-electron chi connectivity index (χ0n) is 19.2. The minimum atomic E-state index is -1.09. The molecule has 4 atom stereocenters. The van der Waals surface area contributed by atoms with Crippen molar-refractivity contribution in [2.75, 3.05) is 19.8 Å². The number of hydrogen-bond donors (Lipinski definition) is 3. The van der Waals surface area contributed by atoms with E-state index in [0.29, 0.717) is 23.0 Å². The molecule has 0 amide bonds. The molecule has 3 aliphatic rings. The maximum absolute atomic E-state index is 10.2. The summed E-state index contributed by atoms with van der Waals surface area (Å²) in [6, 6.07) is 13.9. The zero-order chi connectivity index (χ0) is 23.7. The van der Waals surface area contributed by atoms with E-state index >= 15 is 0 Å². The lowest BCUT2D eigenvalue weighted by Crippen LogP contribution is -2.47. The van der Waals surface area contributed by atoms with Crippen LogP contribution in [0.15, 0.2) is 42.5 Å². The first kappa shape index (κ1) is 24.0. The molecule has 2 aliphatic heterocycles. The van der Waals surface area contributed by atoms with Gasteiger partial charge in [0.25, 0.3) is 0 Å². The van der Waals surface area contributed by atoms with Gasteiger partial charge in [0.2, 0.25) is 0 Å². The van der Waals surface area contributed by atoms with Gasteiger partial charge in [-0.3, -0.25) is 0 Å². The van der Waals surface area contributed by atoms with Gasteiger partial charge in [0.1, 0.15) is 18.0 Å². The molecular weight excluding hydrogens is 456 g/mol. The summed E-state index contributed by atoms with van der Waals surface area (Å²) in [6.07, 6.45) is 2.49. The maximum atomic E-state index is 10.2. The molecule has 0 aromatic heterocycles. The molecule has 2 aromatic rings. The number of rotatable bonds is 6. The van der Waals surface area contributed by atoms with Gasteiger partial charge in [-0.2, -0.15) is 0 Å². The fraction of sp³-hybridized carbons (Fsp3) is 0.556. The SMILES string of the molecule is OC[C@H]1OC(c2ccc(Cl)c(Cc3ccc(OC4CC5(CCOCC5)C4)cc3)c2)C[C@@H](O)[C@@H]1O. The van der Waals surface area contributed by atoms with Crippen LogP contribution in [0.4, 0.5) is 0 Å². The number of aliphatic hydroxyl groups is 3. The molecule has 3 fully saturated rings. The van der Waals surface area contributed by atoms with Gasteiger partial charge < -0.3 is 29.5 Å². The lowest BCUT2D eigenvalue weighted by molar-refractivity contribution is -0.181. The Balaban J connectivity index is 1.21.